The van der Waals surface area contributed by atoms with Crippen molar-refractivity contribution in [1.29, 1.82) is 0 Å². The quantitative estimate of drug-likeness (QED) is 0.759. The summed E-state index contributed by atoms with van der Waals surface area (Å²) >= 11 is 0. The first-order chi connectivity index (χ1) is 14.5. The number of ether oxygens (including phenoxy) is 1. The SMILES string of the molecule is Cc1ccc([C@@H]2CC[C@H]3OC4(CCN(C(=O)c5ccccc5)CC4)C(=O)N32)c(F)c1. The molecule has 2 amide bonds. The van der Waals surface area contributed by atoms with Gasteiger partial charge in [0.05, 0.1) is 6.04 Å². The molecule has 3 heterocycles. The number of piperidine rings is 1. The second-order valence-corrected chi connectivity index (χ2v) is 8.56. The molecule has 5 nitrogen and oxygen atoms in total. The normalized spacial score (nSPS) is 25.1. The summed E-state index contributed by atoms with van der Waals surface area (Å²) in [7, 11) is 0. The number of hydrogen-bond donors (Lipinski definition) is 0. The first kappa shape index (κ1) is 19.2. The summed E-state index contributed by atoms with van der Waals surface area (Å²) in [6.45, 7) is 2.81. The van der Waals surface area contributed by atoms with Crippen molar-refractivity contribution < 1.29 is 18.7 Å². The van der Waals surface area contributed by atoms with E-state index in [9.17, 15) is 14.0 Å². The van der Waals surface area contributed by atoms with Gasteiger partial charge in [-0.05, 0) is 43.5 Å². The Morgan fingerprint density at radius 2 is 1.83 bits per heavy atom. The second-order valence-electron chi connectivity index (χ2n) is 8.56. The molecule has 2 atom stereocenters. The van der Waals surface area contributed by atoms with E-state index in [1.807, 2.05) is 31.2 Å². The summed E-state index contributed by atoms with van der Waals surface area (Å²) < 4.78 is 20.9. The monoisotopic (exact) mass is 408 g/mol. The predicted molar refractivity (Wildman–Crippen MR) is 109 cm³/mol. The maximum atomic E-state index is 14.6. The minimum absolute atomic E-state index is 0.0176. The Labute approximate surface area is 175 Å². The molecule has 5 rings (SSSR count). The van der Waals surface area contributed by atoms with Crippen LogP contribution in [-0.2, 0) is 9.53 Å². The summed E-state index contributed by atoms with van der Waals surface area (Å²) in [5, 5.41) is 0. The molecule has 0 aliphatic carbocycles. The van der Waals surface area contributed by atoms with E-state index in [4.69, 9.17) is 4.74 Å². The van der Waals surface area contributed by atoms with E-state index in [1.54, 1.807) is 28.0 Å². The number of fused-ring (bicyclic) bond motifs is 1. The number of carbonyl (C=O) groups excluding carboxylic acids is 2. The zero-order valence-electron chi connectivity index (χ0n) is 17.0. The van der Waals surface area contributed by atoms with Gasteiger partial charge in [0.1, 0.15) is 12.0 Å². The minimum Gasteiger partial charge on any atom is -0.342 e. The number of nitrogens with zero attached hydrogens (tertiary/aromatic N) is 2. The summed E-state index contributed by atoms with van der Waals surface area (Å²) in [6, 6.07) is 14.1. The smallest absolute Gasteiger partial charge is 0.257 e. The molecule has 3 aliphatic heterocycles. The third-order valence-corrected chi connectivity index (χ3v) is 6.71. The molecule has 3 aliphatic rings. The van der Waals surface area contributed by atoms with Crippen LogP contribution < -0.4 is 0 Å². The Balaban J connectivity index is 1.32. The summed E-state index contributed by atoms with van der Waals surface area (Å²) in [5.74, 6) is -0.338. The molecule has 0 aromatic heterocycles. The van der Waals surface area contributed by atoms with Gasteiger partial charge < -0.3 is 14.5 Å². The van der Waals surface area contributed by atoms with Crippen molar-refractivity contribution in [3.05, 3.63) is 71.0 Å². The Hall–Kier alpha value is -2.73. The second kappa shape index (κ2) is 7.20. The molecule has 3 fully saturated rings. The highest BCUT2D eigenvalue weighted by Crippen LogP contribution is 2.48. The van der Waals surface area contributed by atoms with Gasteiger partial charge in [-0.15, -0.1) is 0 Å². The molecular formula is C24H25FN2O3. The lowest BCUT2D eigenvalue weighted by atomic mass is 9.89. The number of hydrogen-bond acceptors (Lipinski definition) is 3. The zero-order chi connectivity index (χ0) is 20.9. The van der Waals surface area contributed by atoms with Crippen molar-refractivity contribution in [2.24, 2.45) is 0 Å². The first-order valence-corrected chi connectivity index (χ1v) is 10.6. The molecule has 30 heavy (non-hydrogen) atoms. The highest BCUT2D eigenvalue weighted by Gasteiger charge is 2.58. The third-order valence-electron chi connectivity index (χ3n) is 6.71. The lowest BCUT2D eigenvalue weighted by Gasteiger charge is -2.37. The van der Waals surface area contributed by atoms with E-state index in [1.165, 1.54) is 6.07 Å². The van der Waals surface area contributed by atoms with Crippen LogP contribution in [0.5, 0.6) is 0 Å². The van der Waals surface area contributed by atoms with Crippen LogP contribution >= 0.6 is 0 Å². The van der Waals surface area contributed by atoms with E-state index < -0.39 is 5.60 Å². The molecular weight excluding hydrogens is 383 g/mol. The number of aryl methyl sites for hydroxylation is 1. The highest BCUT2D eigenvalue weighted by atomic mass is 19.1. The summed E-state index contributed by atoms with van der Waals surface area (Å²) in [5.41, 5.74) is 1.19. The Morgan fingerprint density at radius 3 is 2.53 bits per heavy atom. The van der Waals surface area contributed by atoms with E-state index in [0.29, 0.717) is 49.9 Å². The van der Waals surface area contributed by atoms with Crippen molar-refractivity contribution in [3.63, 3.8) is 0 Å². The van der Waals surface area contributed by atoms with Crippen LogP contribution in [0.15, 0.2) is 48.5 Å². The first-order valence-electron chi connectivity index (χ1n) is 10.6. The summed E-state index contributed by atoms with van der Waals surface area (Å²) in [6.07, 6.45) is 2.05. The van der Waals surface area contributed by atoms with Crippen molar-refractivity contribution in [3.8, 4) is 0 Å². The van der Waals surface area contributed by atoms with Gasteiger partial charge in [-0.2, -0.15) is 0 Å². The van der Waals surface area contributed by atoms with Crippen molar-refractivity contribution in [2.75, 3.05) is 13.1 Å². The molecule has 2 aromatic carbocycles. The lowest BCUT2D eigenvalue weighted by Crippen LogP contribution is -2.51. The average molecular weight is 408 g/mol. The fraction of sp³-hybridized carbons (Fsp3) is 0.417. The minimum atomic E-state index is -0.891. The number of halogens is 1. The number of amides is 2. The maximum absolute atomic E-state index is 14.6. The highest BCUT2D eigenvalue weighted by molar-refractivity contribution is 5.95. The number of likely N-dealkylation sites (tertiary alicyclic amines) is 1. The van der Waals surface area contributed by atoms with Gasteiger partial charge in [0.2, 0.25) is 0 Å². The fourth-order valence-corrected chi connectivity index (χ4v) is 5.09. The Morgan fingerprint density at radius 1 is 1.10 bits per heavy atom. The zero-order valence-corrected chi connectivity index (χ0v) is 17.0. The van der Waals surface area contributed by atoms with Crippen LogP contribution in [0, 0.1) is 12.7 Å². The molecule has 2 aromatic rings. The maximum Gasteiger partial charge on any atom is 0.257 e. The van der Waals surface area contributed by atoms with Crippen LogP contribution in [0.4, 0.5) is 4.39 Å². The number of rotatable bonds is 2. The van der Waals surface area contributed by atoms with E-state index >= 15 is 0 Å². The summed E-state index contributed by atoms with van der Waals surface area (Å²) in [4.78, 5) is 29.7. The van der Waals surface area contributed by atoms with Gasteiger partial charge in [0, 0.05) is 37.1 Å². The predicted octanol–water partition coefficient (Wildman–Crippen LogP) is 3.83. The third kappa shape index (κ3) is 3.01. The van der Waals surface area contributed by atoms with Gasteiger partial charge in [-0.1, -0.05) is 30.3 Å². The van der Waals surface area contributed by atoms with E-state index in [-0.39, 0.29) is 29.9 Å². The molecule has 0 radical (unpaired) electrons. The molecule has 0 unspecified atom stereocenters. The largest absolute Gasteiger partial charge is 0.342 e. The molecule has 3 saturated heterocycles. The van der Waals surface area contributed by atoms with Crippen LogP contribution in [0.2, 0.25) is 0 Å². The lowest BCUT2D eigenvalue weighted by molar-refractivity contribution is -0.142. The Kier molecular flexibility index (Phi) is 4.62. The fourth-order valence-electron chi connectivity index (χ4n) is 5.09. The van der Waals surface area contributed by atoms with Gasteiger partial charge in [0.25, 0.3) is 11.8 Å². The van der Waals surface area contributed by atoms with Gasteiger partial charge in [-0.3, -0.25) is 9.59 Å². The van der Waals surface area contributed by atoms with Crippen LogP contribution in [0.25, 0.3) is 0 Å². The molecule has 6 heteroatoms. The van der Waals surface area contributed by atoms with Crippen LogP contribution in [0.1, 0.15) is 53.2 Å². The van der Waals surface area contributed by atoms with Crippen LogP contribution in [-0.4, -0.2) is 46.5 Å². The van der Waals surface area contributed by atoms with Gasteiger partial charge >= 0.3 is 0 Å². The standard InChI is InChI=1S/C24H25FN2O3/c1-16-7-8-18(19(25)15-16)20-9-10-21-27(20)23(29)24(30-21)11-13-26(14-12-24)22(28)17-5-3-2-4-6-17/h2-8,15,20-21H,9-14H2,1H3/t20-,21+/m0/s1. The topological polar surface area (TPSA) is 49.9 Å². The molecule has 0 N–H and O–H groups in total. The van der Waals surface area contributed by atoms with Gasteiger partial charge in [-0.25, -0.2) is 4.39 Å². The van der Waals surface area contributed by atoms with E-state index in [0.717, 1.165) is 5.56 Å². The van der Waals surface area contributed by atoms with Gasteiger partial charge in [0.15, 0.2) is 5.60 Å². The number of carbonyl (C=O) groups is 2. The van der Waals surface area contributed by atoms with Crippen molar-refractivity contribution in [2.45, 2.75) is 50.5 Å². The number of benzene rings is 2. The van der Waals surface area contributed by atoms with Crippen molar-refractivity contribution in [1.82, 2.24) is 9.80 Å². The Bertz CT molecular complexity index is 985. The van der Waals surface area contributed by atoms with Crippen LogP contribution in [0.3, 0.4) is 0 Å². The molecule has 0 bridgehead atoms. The molecule has 1 spiro atoms. The average Bonchev–Trinajstić information content (AvgIpc) is 3.27. The van der Waals surface area contributed by atoms with E-state index in [2.05, 4.69) is 0 Å². The van der Waals surface area contributed by atoms with Crippen molar-refractivity contribution >= 4 is 11.8 Å². The molecule has 0 saturated carbocycles. The molecule has 156 valence electrons.